The summed E-state index contributed by atoms with van der Waals surface area (Å²) in [5, 5.41) is 0.405. The molecule has 1 fully saturated rings. The summed E-state index contributed by atoms with van der Waals surface area (Å²) in [4.78, 5) is 43.3. The van der Waals surface area contributed by atoms with Crippen molar-refractivity contribution in [1.82, 2.24) is 9.47 Å². The van der Waals surface area contributed by atoms with Crippen LogP contribution in [0.4, 0.5) is 4.79 Å². The van der Waals surface area contributed by atoms with Crippen LogP contribution in [0, 0.1) is 0 Å². The maximum absolute atomic E-state index is 13.5. The van der Waals surface area contributed by atoms with E-state index in [1.807, 2.05) is 31.4 Å². The number of aromatic nitrogens is 1. The fourth-order valence-corrected chi connectivity index (χ4v) is 7.99. The van der Waals surface area contributed by atoms with Gasteiger partial charge in [0, 0.05) is 27.6 Å². The molecule has 1 unspecified atom stereocenters. The smallest absolute Gasteiger partial charge is 0.410 e. The zero-order valence-electron chi connectivity index (χ0n) is 28.2. The minimum Gasteiger partial charge on any atom is -0.494 e. The molecule has 2 aromatic heterocycles. The molecule has 1 atom stereocenters. The number of nitrogens with zero attached hydrogens (tertiary/aromatic N) is 2. The molecule has 5 rings (SSSR count). The minimum absolute atomic E-state index is 0.0160. The molecule has 45 heavy (non-hydrogen) atoms. The van der Waals surface area contributed by atoms with E-state index in [1.165, 1.54) is 0 Å². The minimum atomic E-state index is -2.21. The van der Waals surface area contributed by atoms with Gasteiger partial charge in [0.2, 0.25) is 5.43 Å². The number of rotatable bonds is 7. The Kier molecular flexibility index (Phi) is 8.78. The van der Waals surface area contributed by atoms with Crippen molar-refractivity contribution in [2.45, 2.75) is 104 Å². The number of carbonyl (C=O) groups is 2. The monoisotopic (exact) mass is 654 g/mol. The van der Waals surface area contributed by atoms with Crippen LogP contribution in [0.1, 0.15) is 94.3 Å². The topological polar surface area (TPSA) is 96.3 Å². The number of methoxy groups -OCH3 is 1. The van der Waals surface area contributed by atoms with E-state index in [9.17, 15) is 14.4 Å². The molecular formula is C34H46N2O7SSi. The summed E-state index contributed by atoms with van der Waals surface area (Å²) in [6.07, 6.45) is 2.87. The second-order valence-electron chi connectivity index (χ2n) is 14.5. The molecule has 244 valence electrons. The maximum Gasteiger partial charge on any atom is 0.410 e. The predicted molar refractivity (Wildman–Crippen MR) is 180 cm³/mol. The Balaban J connectivity index is 1.64. The second kappa shape index (κ2) is 11.9. The van der Waals surface area contributed by atoms with Crippen molar-refractivity contribution in [2.75, 3.05) is 20.3 Å². The lowest BCUT2D eigenvalue weighted by atomic mass is 10.0. The van der Waals surface area contributed by atoms with Crippen LogP contribution in [-0.4, -0.2) is 55.7 Å². The lowest BCUT2D eigenvalue weighted by Crippen LogP contribution is -2.47. The van der Waals surface area contributed by atoms with Gasteiger partial charge in [0.05, 0.1) is 43.8 Å². The number of amides is 1. The summed E-state index contributed by atoms with van der Waals surface area (Å²) < 4.78 is 26.0. The SMILES string of the molecule is CCOC(=O)c1cn(C2CC2)c2c(OC)c(-c3cc4c(s3)C(O[Si](C)(C)C(C)(C)C)CN(C(=O)OC(C)(C)C)C4)ccc2c1=O. The average molecular weight is 655 g/mol. The fraction of sp³-hybridized carbons (Fsp3) is 0.559. The van der Waals surface area contributed by atoms with Crippen LogP contribution in [0.25, 0.3) is 21.3 Å². The molecule has 1 aliphatic heterocycles. The van der Waals surface area contributed by atoms with Gasteiger partial charge in [-0.3, -0.25) is 4.79 Å². The highest BCUT2D eigenvalue weighted by Crippen LogP contribution is 2.48. The molecule has 2 aliphatic rings. The molecule has 1 aromatic carbocycles. The number of esters is 1. The number of hydrogen-bond donors (Lipinski definition) is 0. The van der Waals surface area contributed by atoms with Gasteiger partial charge >= 0.3 is 12.1 Å². The average Bonchev–Trinajstić information content (AvgIpc) is 3.68. The Morgan fingerprint density at radius 2 is 1.78 bits per heavy atom. The number of thiophene rings is 1. The molecule has 1 aliphatic carbocycles. The fourth-order valence-electron chi connectivity index (χ4n) is 5.43. The van der Waals surface area contributed by atoms with Crippen LogP contribution in [-0.2, 0) is 20.4 Å². The van der Waals surface area contributed by atoms with Gasteiger partial charge in [-0.05, 0) is 82.4 Å². The van der Waals surface area contributed by atoms with E-state index >= 15 is 0 Å². The molecule has 9 nitrogen and oxygen atoms in total. The quantitative estimate of drug-likeness (QED) is 0.188. The normalized spacial score (nSPS) is 17.3. The van der Waals surface area contributed by atoms with E-state index in [4.69, 9.17) is 18.6 Å². The van der Waals surface area contributed by atoms with E-state index in [1.54, 1.807) is 42.5 Å². The Morgan fingerprint density at radius 3 is 2.36 bits per heavy atom. The van der Waals surface area contributed by atoms with Gasteiger partial charge in [0.1, 0.15) is 11.2 Å². The van der Waals surface area contributed by atoms with Gasteiger partial charge in [-0.25, -0.2) is 9.59 Å². The van der Waals surface area contributed by atoms with E-state index in [0.29, 0.717) is 29.7 Å². The highest BCUT2D eigenvalue weighted by Gasteiger charge is 2.43. The summed E-state index contributed by atoms with van der Waals surface area (Å²) in [7, 11) is -0.597. The first-order valence-electron chi connectivity index (χ1n) is 15.7. The second-order valence-corrected chi connectivity index (χ2v) is 20.3. The van der Waals surface area contributed by atoms with E-state index in [2.05, 4.69) is 39.9 Å². The zero-order chi connectivity index (χ0) is 33.1. The van der Waals surface area contributed by atoms with E-state index < -0.39 is 19.9 Å². The van der Waals surface area contributed by atoms with Gasteiger partial charge in [-0.1, -0.05) is 20.8 Å². The summed E-state index contributed by atoms with van der Waals surface area (Å²) in [5.74, 6) is -0.0357. The summed E-state index contributed by atoms with van der Waals surface area (Å²) in [6.45, 7) is 19.4. The van der Waals surface area contributed by atoms with Crippen molar-refractivity contribution >= 4 is 42.6 Å². The van der Waals surface area contributed by atoms with Gasteiger partial charge in [0.25, 0.3) is 0 Å². The maximum atomic E-state index is 13.5. The van der Waals surface area contributed by atoms with Gasteiger partial charge in [-0.15, -0.1) is 11.3 Å². The predicted octanol–water partition coefficient (Wildman–Crippen LogP) is 8.06. The molecule has 1 amide bonds. The van der Waals surface area contributed by atoms with Crippen molar-refractivity contribution in [3.8, 4) is 16.2 Å². The Morgan fingerprint density at radius 1 is 1.09 bits per heavy atom. The lowest BCUT2D eigenvalue weighted by Gasteiger charge is -2.42. The third-order valence-electron chi connectivity index (χ3n) is 8.83. The number of benzene rings is 1. The van der Waals surface area contributed by atoms with Gasteiger partial charge in [0.15, 0.2) is 14.1 Å². The molecular weight excluding hydrogens is 609 g/mol. The first-order valence-corrected chi connectivity index (χ1v) is 19.4. The van der Waals surface area contributed by atoms with Crippen molar-refractivity contribution in [3.05, 3.63) is 50.6 Å². The molecule has 0 radical (unpaired) electrons. The first kappa shape index (κ1) is 33.2. The molecule has 0 N–H and O–H groups in total. The van der Waals surface area contributed by atoms with Crippen LogP contribution in [0.5, 0.6) is 5.75 Å². The van der Waals surface area contributed by atoms with Crippen LogP contribution in [0.3, 0.4) is 0 Å². The largest absolute Gasteiger partial charge is 0.494 e. The molecule has 1 saturated carbocycles. The van der Waals surface area contributed by atoms with Crippen molar-refractivity contribution in [1.29, 1.82) is 0 Å². The molecule has 11 heteroatoms. The van der Waals surface area contributed by atoms with Crippen LogP contribution < -0.4 is 10.2 Å². The standard InChI is InChI=1S/C34H46N2O7SSi/c1-11-41-31(38)24-18-36(21-12-13-21)27-23(28(24)37)15-14-22(29(27)40-8)26-16-20-17-35(32(39)42-33(2,3)4)19-25(30(20)44-26)43-45(9,10)34(5,6)7/h14-16,18,21,25H,11-13,17,19H2,1-10H3. The highest BCUT2D eigenvalue weighted by molar-refractivity contribution is 7.15. The zero-order valence-corrected chi connectivity index (χ0v) is 30.0. The molecule has 3 heterocycles. The van der Waals surface area contributed by atoms with Gasteiger partial charge in [-0.2, -0.15) is 0 Å². The van der Waals surface area contributed by atoms with Crippen LogP contribution in [0.15, 0.2) is 29.2 Å². The summed E-state index contributed by atoms with van der Waals surface area (Å²) >= 11 is 1.64. The van der Waals surface area contributed by atoms with Crippen LogP contribution in [0.2, 0.25) is 18.1 Å². The Hall–Kier alpha value is -3.15. The highest BCUT2D eigenvalue weighted by atomic mass is 32.1. The molecule has 0 bridgehead atoms. The van der Waals surface area contributed by atoms with Gasteiger partial charge < -0.3 is 28.1 Å². The lowest BCUT2D eigenvalue weighted by molar-refractivity contribution is 0.0104. The van der Waals surface area contributed by atoms with Crippen molar-refractivity contribution < 1.29 is 28.2 Å². The van der Waals surface area contributed by atoms with E-state index in [0.717, 1.165) is 33.7 Å². The van der Waals surface area contributed by atoms with E-state index in [-0.39, 0.29) is 40.9 Å². The number of pyridine rings is 1. The summed E-state index contributed by atoms with van der Waals surface area (Å²) in [5.41, 5.74) is 1.58. The third kappa shape index (κ3) is 6.57. The summed E-state index contributed by atoms with van der Waals surface area (Å²) in [6, 6.07) is 5.95. The Bertz CT molecular complexity index is 1690. The van der Waals surface area contributed by atoms with Crippen molar-refractivity contribution in [2.24, 2.45) is 0 Å². The first-order chi connectivity index (χ1) is 21.0. The molecule has 0 spiro atoms. The third-order valence-corrected chi connectivity index (χ3v) is 14.6. The van der Waals surface area contributed by atoms with Crippen molar-refractivity contribution in [3.63, 3.8) is 0 Å². The number of hydrogen-bond acceptors (Lipinski definition) is 8. The Labute approximate surface area is 270 Å². The molecule has 0 saturated heterocycles. The number of carbonyl (C=O) groups excluding carboxylic acids is 2. The van der Waals surface area contributed by atoms with Crippen LogP contribution >= 0.6 is 11.3 Å². The molecule has 3 aromatic rings. The number of ether oxygens (including phenoxy) is 3. The number of fused-ring (bicyclic) bond motifs is 2.